The molecule has 1 atom stereocenters. The van der Waals surface area contributed by atoms with Gasteiger partial charge in [0.05, 0.1) is 11.5 Å². The lowest BCUT2D eigenvalue weighted by atomic mass is 9.97. The molecule has 7 nitrogen and oxygen atoms in total. The van der Waals surface area contributed by atoms with Crippen LogP contribution < -0.4 is 11.1 Å². The minimum absolute atomic E-state index is 0.0156. The van der Waals surface area contributed by atoms with Gasteiger partial charge in [0.2, 0.25) is 11.8 Å². The highest BCUT2D eigenvalue weighted by Crippen LogP contribution is 2.37. The number of hydrogen-bond acceptors (Lipinski definition) is 5. The van der Waals surface area contributed by atoms with Gasteiger partial charge in [0, 0.05) is 42.3 Å². The van der Waals surface area contributed by atoms with E-state index in [1.165, 1.54) is 5.56 Å². The Labute approximate surface area is 192 Å². The molecular weight excluding hydrogens is 422 g/mol. The van der Waals surface area contributed by atoms with Gasteiger partial charge < -0.3 is 20.5 Å². The van der Waals surface area contributed by atoms with Gasteiger partial charge in [0.1, 0.15) is 12.4 Å². The molecule has 0 spiro atoms. The first-order chi connectivity index (χ1) is 15.5. The first-order valence-corrected chi connectivity index (χ1v) is 11.7. The largest absolute Gasteiger partial charge is 0.336 e. The van der Waals surface area contributed by atoms with E-state index in [9.17, 15) is 9.59 Å². The smallest absolute Gasteiger partial charge is 0.242 e. The third kappa shape index (κ3) is 4.76. The Balaban J connectivity index is 1.43. The molecule has 0 fully saturated rings. The maximum Gasteiger partial charge on any atom is 0.242 e. The van der Waals surface area contributed by atoms with Crippen LogP contribution in [0.2, 0.25) is 0 Å². The highest BCUT2D eigenvalue weighted by atomic mass is 32.1. The number of nitrogens with one attached hydrogen (secondary N) is 1. The Bertz CT molecular complexity index is 1110. The van der Waals surface area contributed by atoms with Crippen molar-refractivity contribution in [3.63, 3.8) is 0 Å². The van der Waals surface area contributed by atoms with Gasteiger partial charge in [-0.15, -0.1) is 11.3 Å². The van der Waals surface area contributed by atoms with Crippen LogP contribution in [0.1, 0.15) is 46.7 Å². The quantitative estimate of drug-likeness (QED) is 0.576. The van der Waals surface area contributed by atoms with Crippen LogP contribution in [0.3, 0.4) is 0 Å². The van der Waals surface area contributed by atoms with E-state index in [2.05, 4.69) is 17.2 Å². The number of aryl methyl sites for hydroxylation is 1. The molecule has 168 valence electrons. The summed E-state index contributed by atoms with van der Waals surface area (Å²) in [4.78, 5) is 32.7. The molecule has 0 radical (unpaired) electrons. The van der Waals surface area contributed by atoms with Gasteiger partial charge in [-0.1, -0.05) is 37.3 Å². The molecule has 3 N–H and O–H groups in total. The molecule has 3 aromatic rings. The van der Waals surface area contributed by atoms with Crippen molar-refractivity contribution in [2.24, 2.45) is 5.73 Å². The van der Waals surface area contributed by atoms with E-state index in [1.54, 1.807) is 17.5 Å². The highest BCUT2D eigenvalue weighted by Gasteiger charge is 2.27. The number of thiophene rings is 1. The van der Waals surface area contributed by atoms with Crippen molar-refractivity contribution in [2.45, 2.75) is 52.2 Å². The van der Waals surface area contributed by atoms with Gasteiger partial charge in [-0.2, -0.15) is 0 Å². The Morgan fingerprint density at radius 2 is 2.06 bits per heavy atom. The lowest BCUT2D eigenvalue weighted by molar-refractivity contribution is -0.132. The standard InChI is InChI=1S/C24H29N5O2S/c1-16(18-6-4-3-5-7-18)12-22(30)27-24-20(13-25)19-8-10-29(14-21(19)32-24)23(31)15-28-11-9-26-17(28)2/h3-7,9,11,16H,8,10,12-15,25H2,1-2H3,(H,27,30). The molecule has 1 aromatic carbocycles. The molecule has 0 bridgehead atoms. The van der Waals surface area contributed by atoms with Crippen LogP contribution in [-0.2, 0) is 35.6 Å². The second-order valence-electron chi connectivity index (χ2n) is 8.25. The van der Waals surface area contributed by atoms with E-state index < -0.39 is 0 Å². The summed E-state index contributed by atoms with van der Waals surface area (Å²) in [6, 6.07) is 10.0. The number of aromatic nitrogens is 2. The number of hydrogen-bond donors (Lipinski definition) is 2. The summed E-state index contributed by atoms with van der Waals surface area (Å²) in [7, 11) is 0. The average molecular weight is 452 g/mol. The molecule has 3 heterocycles. The second-order valence-corrected chi connectivity index (χ2v) is 9.35. The van der Waals surface area contributed by atoms with Gasteiger partial charge in [-0.05, 0) is 30.4 Å². The SMILES string of the molecule is Cc1nccn1CC(=O)N1CCc2c(sc(NC(=O)CC(C)c3ccccc3)c2CN)C1. The summed E-state index contributed by atoms with van der Waals surface area (Å²) in [6.45, 7) is 5.82. The average Bonchev–Trinajstić information content (AvgIpc) is 3.35. The topological polar surface area (TPSA) is 93.2 Å². The number of nitrogens with two attached hydrogens (primary N) is 1. The Kier molecular flexibility index (Phi) is 6.72. The summed E-state index contributed by atoms with van der Waals surface area (Å²) < 4.78 is 1.86. The van der Waals surface area contributed by atoms with Gasteiger partial charge in [0.25, 0.3) is 0 Å². The van der Waals surface area contributed by atoms with Crippen LogP contribution in [0.4, 0.5) is 5.00 Å². The zero-order valence-electron chi connectivity index (χ0n) is 18.5. The summed E-state index contributed by atoms with van der Waals surface area (Å²) in [6.07, 6.45) is 4.69. The predicted octanol–water partition coefficient (Wildman–Crippen LogP) is 3.43. The number of carbonyl (C=O) groups excluding carboxylic acids is 2. The van der Waals surface area contributed by atoms with Gasteiger partial charge in [-0.25, -0.2) is 4.98 Å². The van der Waals surface area contributed by atoms with Crippen molar-refractivity contribution >= 4 is 28.2 Å². The summed E-state index contributed by atoms with van der Waals surface area (Å²) in [5, 5.41) is 3.91. The molecule has 1 aliphatic rings. The fourth-order valence-corrected chi connectivity index (χ4v) is 5.48. The highest BCUT2D eigenvalue weighted by molar-refractivity contribution is 7.16. The molecule has 32 heavy (non-hydrogen) atoms. The molecule has 1 aliphatic heterocycles. The maximum absolute atomic E-state index is 12.8. The molecule has 0 saturated heterocycles. The molecular formula is C24H29N5O2S. The molecule has 0 saturated carbocycles. The lowest BCUT2D eigenvalue weighted by Crippen LogP contribution is -2.37. The van der Waals surface area contributed by atoms with E-state index in [0.717, 1.165) is 33.3 Å². The van der Waals surface area contributed by atoms with E-state index in [0.29, 0.717) is 26.1 Å². The minimum atomic E-state index is -0.0156. The van der Waals surface area contributed by atoms with Crippen molar-refractivity contribution in [3.05, 3.63) is 70.1 Å². The van der Waals surface area contributed by atoms with Crippen molar-refractivity contribution in [1.82, 2.24) is 14.5 Å². The maximum atomic E-state index is 12.8. The molecule has 8 heteroatoms. The summed E-state index contributed by atoms with van der Waals surface area (Å²) >= 11 is 1.55. The van der Waals surface area contributed by atoms with Crippen molar-refractivity contribution in [1.29, 1.82) is 0 Å². The van der Waals surface area contributed by atoms with Crippen LogP contribution in [0.25, 0.3) is 0 Å². The predicted molar refractivity (Wildman–Crippen MR) is 126 cm³/mol. The van der Waals surface area contributed by atoms with Crippen LogP contribution in [0.5, 0.6) is 0 Å². The number of fused-ring (bicyclic) bond motifs is 1. The zero-order valence-corrected chi connectivity index (χ0v) is 19.3. The van der Waals surface area contributed by atoms with Crippen molar-refractivity contribution in [3.8, 4) is 0 Å². The normalized spacial score (nSPS) is 14.2. The molecule has 1 unspecified atom stereocenters. The number of benzene rings is 1. The second kappa shape index (κ2) is 9.67. The monoisotopic (exact) mass is 451 g/mol. The number of nitrogens with zero attached hydrogens (tertiary/aromatic N) is 3. The Hall–Kier alpha value is -2.97. The van der Waals surface area contributed by atoms with Crippen molar-refractivity contribution < 1.29 is 9.59 Å². The van der Waals surface area contributed by atoms with Crippen LogP contribution in [0.15, 0.2) is 42.7 Å². The van der Waals surface area contributed by atoms with Crippen LogP contribution in [-0.4, -0.2) is 32.8 Å². The minimum Gasteiger partial charge on any atom is -0.336 e. The number of carbonyl (C=O) groups is 2. The molecule has 2 aromatic heterocycles. The number of rotatable bonds is 7. The van der Waals surface area contributed by atoms with E-state index in [-0.39, 0.29) is 24.3 Å². The third-order valence-corrected chi connectivity index (χ3v) is 7.24. The number of imidazole rings is 1. The van der Waals surface area contributed by atoms with Gasteiger partial charge >= 0.3 is 0 Å². The van der Waals surface area contributed by atoms with Crippen LogP contribution in [0, 0.1) is 6.92 Å². The van der Waals surface area contributed by atoms with Gasteiger partial charge in [0.15, 0.2) is 0 Å². The molecule has 2 amide bonds. The number of anilines is 1. The first kappa shape index (κ1) is 22.2. The fraction of sp³-hybridized carbons (Fsp3) is 0.375. The van der Waals surface area contributed by atoms with E-state index in [4.69, 9.17) is 5.73 Å². The molecule has 4 rings (SSSR count). The van der Waals surface area contributed by atoms with Gasteiger partial charge in [-0.3, -0.25) is 9.59 Å². The Morgan fingerprint density at radius 3 is 2.75 bits per heavy atom. The zero-order chi connectivity index (χ0) is 22.7. The third-order valence-electron chi connectivity index (χ3n) is 6.07. The fourth-order valence-electron chi connectivity index (χ4n) is 4.17. The first-order valence-electron chi connectivity index (χ1n) is 10.9. The summed E-state index contributed by atoms with van der Waals surface area (Å²) in [5.74, 6) is 1.01. The summed E-state index contributed by atoms with van der Waals surface area (Å²) in [5.41, 5.74) is 9.39. The lowest BCUT2D eigenvalue weighted by Gasteiger charge is -2.27. The molecule has 0 aliphatic carbocycles. The van der Waals surface area contributed by atoms with E-state index >= 15 is 0 Å². The van der Waals surface area contributed by atoms with Crippen LogP contribution >= 0.6 is 11.3 Å². The van der Waals surface area contributed by atoms with E-state index in [1.807, 2.05) is 52.9 Å². The number of amides is 2. The van der Waals surface area contributed by atoms with Crippen molar-refractivity contribution in [2.75, 3.05) is 11.9 Å². The Morgan fingerprint density at radius 1 is 1.28 bits per heavy atom.